The van der Waals surface area contributed by atoms with E-state index in [2.05, 4.69) is 0 Å². The van der Waals surface area contributed by atoms with Gasteiger partial charge < -0.3 is 14.4 Å². The van der Waals surface area contributed by atoms with Crippen LogP contribution in [0, 0.1) is 5.92 Å². The minimum absolute atomic E-state index is 0.0697. The van der Waals surface area contributed by atoms with Crippen LogP contribution in [0.4, 0.5) is 4.79 Å². The second-order valence-electron chi connectivity index (χ2n) is 8.78. The topological polar surface area (TPSA) is 66.8 Å². The number of aliphatic hydroxyl groups excluding tert-OH is 1. The highest BCUT2D eigenvalue weighted by Crippen LogP contribution is 2.55. The first-order valence-corrected chi connectivity index (χ1v) is 13.1. The molecule has 0 saturated carbocycles. The fraction of sp³-hybridized carbons (Fsp3) is 0.296. The first-order chi connectivity index (χ1) is 16.0. The molecule has 6 heteroatoms. The van der Waals surface area contributed by atoms with Crippen LogP contribution in [0.2, 0.25) is 0 Å². The molecule has 0 bridgehead atoms. The van der Waals surface area contributed by atoms with Crippen molar-refractivity contribution in [3.05, 3.63) is 96.6 Å². The molecule has 1 fully saturated rings. The Labute approximate surface area is 195 Å². The van der Waals surface area contributed by atoms with Crippen molar-refractivity contribution in [1.29, 1.82) is 0 Å². The lowest BCUT2D eigenvalue weighted by atomic mass is 9.99. The first kappa shape index (κ1) is 23.3. The van der Waals surface area contributed by atoms with E-state index in [4.69, 9.17) is 4.74 Å². The molecule has 3 aromatic carbocycles. The molecule has 0 aliphatic carbocycles. The number of hydrogen-bond acceptors (Lipinski definition) is 4. The van der Waals surface area contributed by atoms with Crippen molar-refractivity contribution in [3.8, 4) is 0 Å². The molecule has 1 amide bonds. The van der Waals surface area contributed by atoms with Gasteiger partial charge in [0.25, 0.3) is 0 Å². The molecule has 3 atom stereocenters. The summed E-state index contributed by atoms with van der Waals surface area (Å²) >= 11 is 0. The maximum atomic E-state index is 15.1. The number of aliphatic hydroxyl groups is 1. The van der Waals surface area contributed by atoms with E-state index in [0.717, 1.165) is 16.2 Å². The average molecular weight is 464 g/mol. The van der Waals surface area contributed by atoms with Crippen molar-refractivity contribution >= 4 is 23.8 Å². The minimum atomic E-state index is -3.24. The van der Waals surface area contributed by atoms with Gasteiger partial charge in [0.15, 0.2) is 0 Å². The Morgan fingerprint density at radius 1 is 0.879 bits per heavy atom. The molecule has 0 aromatic heterocycles. The van der Waals surface area contributed by atoms with Crippen LogP contribution in [-0.2, 0) is 15.8 Å². The first-order valence-electron chi connectivity index (χ1n) is 11.3. The van der Waals surface area contributed by atoms with Crippen molar-refractivity contribution < 1.29 is 19.2 Å². The van der Waals surface area contributed by atoms with Gasteiger partial charge in [-0.05, 0) is 11.5 Å². The van der Waals surface area contributed by atoms with Crippen LogP contribution in [0.25, 0.3) is 0 Å². The van der Waals surface area contributed by atoms with E-state index in [1.807, 2.05) is 105 Å². The molecule has 1 N–H and O–H groups in total. The highest BCUT2D eigenvalue weighted by atomic mass is 31.2. The molecule has 5 nitrogen and oxygen atoms in total. The Kier molecular flexibility index (Phi) is 7.02. The molecule has 3 aromatic rings. The van der Waals surface area contributed by atoms with Crippen LogP contribution in [0.1, 0.15) is 19.4 Å². The standard InChI is InChI=1S/C27H30NO4P/c1-20(2)26(33(31,22-14-8-4-9-15-22)23-16-10-5-11-17-23)25-24(19-29)28(27(30)32-25)18-21-12-6-3-7-13-21/h3-17,20,24-26,29H,18-19H2,1-2H3/t24-,25-,26?/m0/s1. The summed E-state index contributed by atoms with van der Waals surface area (Å²) in [5.41, 5.74) is 0.452. The van der Waals surface area contributed by atoms with Gasteiger partial charge >= 0.3 is 6.09 Å². The SMILES string of the molecule is CC(C)C([C@H]1OC(=O)N(Cc2ccccc2)[C@H]1CO)P(=O)(c1ccccc1)c1ccccc1. The van der Waals surface area contributed by atoms with Crippen molar-refractivity contribution in [2.24, 2.45) is 5.92 Å². The molecular formula is C27H30NO4P. The zero-order valence-electron chi connectivity index (χ0n) is 19.0. The van der Waals surface area contributed by atoms with Gasteiger partial charge in [0.2, 0.25) is 0 Å². The zero-order valence-corrected chi connectivity index (χ0v) is 19.8. The maximum Gasteiger partial charge on any atom is 0.410 e. The average Bonchev–Trinajstić information content (AvgIpc) is 3.14. The zero-order chi connectivity index (χ0) is 23.4. The summed E-state index contributed by atoms with van der Waals surface area (Å²) in [5.74, 6) is -0.0697. The van der Waals surface area contributed by atoms with Crippen LogP contribution in [0.5, 0.6) is 0 Å². The summed E-state index contributed by atoms with van der Waals surface area (Å²) < 4.78 is 21.0. The highest BCUT2D eigenvalue weighted by molar-refractivity contribution is 7.79. The monoisotopic (exact) mass is 463 g/mol. The van der Waals surface area contributed by atoms with Gasteiger partial charge in [0.1, 0.15) is 13.2 Å². The van der Waals surface area contributed by atoms with Gasteiger partial charge in [-0.1, -0.05) is 105 Å². The Morgan fingerprint density at radius 3 is 1.82 bits per heavy atom. The van der Waals surface area contributed by atoms with E-state index in [9.17, 15) is 9.90 Å². The number of hydrogen-bond donors (Lipinski definition) is 1. The van der Waals surface area contributed by atoms with Crippen molar-refractivity contribution in [2.75, 3.05) is 6.61 Å². The molecule has 1 aliphatic rings. The van der Waals surface area contributed by atoms with Gasteiger partial charge in [-0.15, -0.1) is 0 Å². The summed E-state index contributed by atoms with van der Waals surface area (Å²) in [6.07, 6.45) is -1.20. The van der Waals surface area contributed by atoms with Gasteiger partial charge in [-0.3, -0.25) is 4.90 Å². The molecule has 4 rings (SSSR count). The third-order valence-corrected chi connectivity index (χ3v) is 10.2. The van der Waals surface area contributed by atoms with Crippen LogP contribution in [-0.4, -0.2) is 40.5 Å². The van der Waals surface area contributed by atoms with Crippen molar-refractivity contribution in [3.63, 3.8) is 0 Å². The Hall–Kier alpha value is -2.88. The molecule has 33 heavy (non-hydrogen) atoms. The predicted molar refractivity (Wildman–Crippen MR) is 132 cm³/mol. The van der Waals surface area contributed by atoms with Crippen LogP contribution >= 0.6 is 7.14 Å². The van der Waals surface area contributed by atoms with Crippen molar-refractivity contribution in [1.82, 2.24) is 4.90 Å². The van der Waals surface area contributed by atoms with Gasteiger partial charge in [-0.25, -0.2) is 4.79 Å². The quantitative estimate of drug-likeness (QED) is 0.503. The lowest BCUT2D eigenvalue weighted by molar-refractivity contribution is 0.104. The van der Waals surface area contributed by atoms with E-state index in [-0.39, 0.29) is 12.5 Å². The largest absolute Gasteiger partial charge is 0.443 e. The Balaban J connectivity index is 1.79. The van der Waals surface area contributed by atoms with Gasteiger partial charge in [-0.2, -0.15) is 0 Å². The van der Waals surface area contributed by atoms with E-state index in [1.54, 1.807) is 4.90 Å². The number of amides is 1. The Morgan fingerprint density at radius 2 is 1.36 bits per heavy atom. The number of ether oxygens (including phenoxy) is 1. The fourth-order valence-corrected chi connectivity index (χ4v) is 8.57. The molecular weight excluding hydrogens is 433 g/mol. The molecule has 1 unspecified atom stereocenters. The summed E-state index contributed by atoms with van der Waals surface area (Å²) in [6.45, 7) is 4.07. The fourth-order valence-electron chi connectivity index (χ4n) is 4.84. The number of carbonyl (C=O) groups excluding carboxylic acids is 1. The third-order valence-electron chi connectivity index (χ3n) is 6.35. The number of carbonyl (C=O) groups is 1. The molecule has 1 aliphatic heterocycles. The maximum absolute atomic E-state index is 15.1. The lowest BCUT2D eigenvalue weighted by Crippen LogP contribution is -2.47. The summed E-state index contributed by atoms with van der Waals surface area (Å²) in [7, 11) is -3.24. The minimum Gasteiger partial charge on any atom is -0.443 e. The number of nitrogens with zero attached hydrogens (tertiary/aromatic N) is 1. The molecule has 0 radical (unpaired) electrons. The molecule has 1 heterocycles. The summed E-state index contributed by atoms with van der Waals surface area (Å²) in [5, 5.41) is 11.8. The molecule has 0 spiro atoms. The number of rotatable bonds is 8. The summed E-state index contributed by atoms with van der Waals surface area (Å²) in [6, 6.07) is 27.9. The van der Waals surface area contributed by atoms with Gasteiger partial charge in [0, 0.05) is 17.2 Å². The molecule has 172 valence electrons. The second kappa shape index (κ2) is 9.94. The lowest BCUT2D eigenvalue weighted by Gasteiger charge is -2.37. The Bertz CT molecular complexity index is 1060. The normalized spacial score (nSPS) is 19.5. The van der Waals surface area contributed by atoms with Crippen LogP contribution in [0.3, 0.4) is 0 Å². The smallest absolute Gasteiger partial charge is 0.410 e. The molecule has 1 saturated heterocycles. The number of cyclic esters (lactones) is 1. The second-order valence-corrected chi connectivity index (χ2v) is 11.7. The van der Waals surface area contributed by atoms with E-state index >= 15 is 4.57 Å². The van der Waals surface area contributed by atoms with E-state index in [1.165, 1.54) is 0 Å². The van der Waals surface area contributed by atoms with Crippen LogP contribution < -0.4 is 10.6 Å². The van der Waals surface area contributed by atoms with E-state index in [0.29, 0.717) is 6.54 Å². The summed E-state index contributed by atoms with van der Waals surface area (Å²) in [4.78, 5) is 14.6. The van der Waals surface area contributed by atoms with Gasteiger partial charge in [0.05, 0.1) is 18.3 Å². The van der Waals surface area contributed by atoms with E-state index < -0.39 is 31.0 Å². The van der Waals surface area contributed by atoms with Crippen LogP contribution in [0.15, 0.2) is 91.0 Å². The van der Waals surface area contributed by atoms with Crippen molar-refractivity contribution in [2.45, 2.75) is 38.2 Å². The third kappa shape index (κ3) is 4.48. The number of benzene rings is 3. The predicted octanol–water partition coefficient (Wildman–Crippen LogP) is 4.41. The highest BCUT2D eigenvalue weighted by Gasteiger charge is 2.53.